The number of rotatable bonds is 5. The Morgan fingerprint density at radius 1 is 1.22 bits per heavy atom. The number of nitrogens with one attached hydrogen (secondary N) is 1. The second kappa shape index (κ2) is 6.56. The molecule has 0 unspecified atom stereocenters. The largest absolute Gasteiger partial charge is 0.493 e. The van der Waals surface area contributed by atoms with Crippen molar-refractivity contribution in [2.45, 2.75) is 24.2 Å². The number of H-pyrrole nitrogens is 1. The number of pyridine rings is 1. The van der Waals surface area contributed by atoms with Gasteiger partial charge in [0.05, 0.1) is 11.5 Å². The smallest absolute Gasteiger partial charge is 0.274 e. The summed E-state index contributed by atoms with van der Waals surface area (Å²) in [7, 11) is -1.68. The molecule has 7 heteroatoms. The van der Waals surface area contributed by atoms with Gasteiger partial charge in [-0.25, -0.2) is 8.42 Å². The lowest BCUT2D eigenvalue weighted by Gasteiger charge is -2.26. The Hall–Kier alpha value is -2.54. The zero-order valence-electron chi connectivity index (χ0n) is 15.4. The lowest BCUT2D eigenvalue weighted by molar-refractivity contribution is 0.181. The molecule has 1 aromatic carbocycles. The number of aromatic nitrogens is 2. The van der Waals surface area contributed by atoms with Gasteiger partial charge in [-0.05, 0) is 43.0 Å². The van der Waals surface area contributed by atoms with Crippen LogP contribution in [0.5, 0.6) is 5.75 Å². The molecule has 27 heavy (non-hydrogen) atoms. The maximum atomic E-state index is 12.4. The number of hydrogen-bond acceptors (Lipinski definition) is 4. The van der Waals surface area contributed by atoms with Crippen LogP contribution in [-0.4, -0.2) is 30.8 Å². The average molecular weight is 386 g/mol. The number of hydrogen-bond donors (Lipinski definition) is 1. The molecule has 2 aromatic heterocycles. The lowest BCUT2D eigenvalue weighted by atomic mass is 9.86. The molecule has 142 valence electrons. The van der Waals surface area contributed by atoms with Gasteiger partial charge in [0, 0.05) is 42.2 Å². The van der Waals surface area contributed by atoms with E-state index >= 15 is 0 Å². The highest BCUT2D eigenvalue weighted by atomic mass is 32.2. The van der Waals surface area contributed by atoms with Crippen molar-refractivity contribution in [3.05, 3.63) is 47.0 Å². The molecule has 2 heterocycles. The van der Waals surface area contributed by atoms with E-state index in [0.717, 1.165) is 10.9 Å². The molecule has 6 nitrogen and oxygen atoms in total. The summed E-state index contributed by atoms with van der Waals surface area (Å²) >= 11 is 0. The zero-order chi connectivity index (χ0) is 19.2. The molecule has 4 rings (SSSR count). The molecular formula is C20H22N2O4S. The van der Waals surface area contributed by atoms with Crippen LogP contribution in [-0.2, 0) is 16.9 Å². The molecule has 0 radical (unpaired) electrons. The highest BCUT2D eigenvalue weighted by molar-refractivity contribution is 7.90. The van der Waals surface area contributed by atoms with Crippen LogP contribution in [0, 0.1) is 5.92 Å². The Bertz CT molecular complexity index is 1170. The third-order valence-corrected chi connectivity index (χ3v) is 6.37. The third-order valence-electron chi connectivity index (χ3n) is 5.26. The number of benzene rings is 1. The van der Waals surface area contributed by atoms with Crippen molar-refractivity contribution in [3.8, 4) is 16.9 Å². The van der Waals surface area contributed by atoms with Gasteiger partial charge in [0.1, 0.15) is 11.3 Å². The van der Waals surface area contributed by atoms with Crippen LogP contribution in [0.4, 0.5) is 0 Å². The first-order valence-electron chi connectivity index (χ1n) is 8.98. The molecule has 0 atom stereocenters. The van der Waals surface area contributed by atoms with Crippen LogP contribution in [0.2, 0.25) is 0 Å². The number of aryl methyl sites for hydroxylation is 1. The fraction of sp³-hybridized carbons (Fsp3) is 0.350. The summed E-state index contributed by atoms with van der Waals surface area (Å²) in [6.45, 7) is 0.618. The molecule has 1 fully saturated rings. The Balaban J connectivity index is 1.90. The molecule has 0 spiro atoms. The van der Waals surface area contributed by atoms with Gasteiger partial charge < -0.3 is 14.3 Å². The SMILES string of the molecule is Cn1cc(-c2cc(S(C)(=O)=O)ccc2OCC2CCC2)c2cc[nH]c2c1=O. The minimum atomic E-state index is -3.36. The van der Waals surface area contributed by atoms with Crippen LogP contribution in [0.25, 0.3) is 22.0 Å². The molecule has 1 saturated carbocycles. The normalized spacial score (nSPS) is 15.0. The number of aromatic amines is 1. The summed E-state index contributed by atoms with van der Waals surface area (Å²) in [6.07, 6.45) is 8.20. The van der Waals surface area contributed by atoms with Gasteiger partial charge in [0.2, 0.25) is 0 Å². The molecule has 1 aliphatic rings. The first-order chi connectivity index (χ1) is 12.8. The fourth-order valence-electron chi connectivity index (χ4n) is 3.43. The predicted molar refractivity (Wildman–Crippen MR) is 105 cm³/mol. The van der Waals surface area contributed by atoms with Crippen LogP contribution >= 0.6 is 0 Å². The summed E-state index contributed by atoms with van der Waals surface area (Å²) < 4.78 is 31.7. The van der Waals surface area contributed by atoms with Gasteiger partial charge in [0.15, 0.2) is 9.84 Å². The average Bonchev–Trinajstić information content (AvgIpc) is 3.06. The van der Waals surface area contributed by atoms with Crippen molar-refractivity contribution in [2.75, 3.05) is 12.9 Å². The summed E-state index contributed by atoms with van der Waals surface area (Å²) in [5, 5.41) is 0.747. The van der Waals surface area contributed by atoms with Gasteiger partial charge in [-0.2, -0.15) is 0 Å². The highest BCUT2D eigenvalue weighted by Gasteiger charge is 2.21. The highest BCUT2D eigenvalue weighted by Crippen LogP contribution is 2.37. The summed E-state index contributed by atoms with van der Waals surface area (Å²) in [5.41, 5.74) is 1.81. The van der Waals surface area contributed by atoms with Crippen molar-refractivity contribution < 1.29 is 13.2 Å². The first-order valence-corrected chi connectivity index (χ1v) is 10.9. The molecule has 0 bridgehead atoms. The van der Waals surface area contributed by atoms with E-state index in [9.17, 15) is 13.2 Å². The topological polar surface area (TPSA) is 81.2 Å². The molecule has 0 aliphatic heterocycles. The predicted octanol–water partition coefficient (Wildman–Crippen LogP) is 3.12. The number of sulfone groups is 1. The minimum absolute atomic E-state index is 0.130. The van der Waals surface area contributed by atoms with Crippen molar-refractivity contribution in [3.63, 3.8) is 0 Å². The third kappa shape index (κ3) is 3.27. The molecular weight excluding hydrogens is 364 g/mol. The molecule has 1 N–H and O–H groups in total. The number of ether oxygens (including phenoxy) is 1. The molecule has 3 aromatic rings. The van der Waals surface area contributed by atoms with E-state index in [0.29, 0.717) is 29.4 Å². The Morgan fingerprint density at radius 3 is 2.67 bits per heavy atom. The van der Waals surface area contributed by atoms with Gasteiger partial charge in [-0.3, -0.25) is 4.79 Å². The summed E-state index contributed by atoms with van der Waals surface area (Å²) in [5.74, 6) is 1.19. The second-order valence-electron chi connectivity index (χ2n) is 7.26. The van der Waals surface area contributed by atoms with Crippen LogP contribution < -0.4 is 10.3 Å². The van der Waals surface area contributed by atoms with E-state index in [4.69, 9.17) is 4.74 Å². The molecule has 0 amide bonds. The molecule has 0 saturated heterocycles. The van der Waals surface area contributed by atoms with Crippen molar-refractivity contribution in [1.82, 2.24) is 9.55 Å². The van der Waals surface area contributed by atoms with Gasteiger partial charge in [0.25, 0.3) is 5.56 Å². The minimum Gasteiger partial charge on any atom is -0.493 e. The van der Waals surface area contributed by atoms with E-state index < -0.39 is 9.84 Å². The van der Waals surface area contributed by atoms with Crippen LogP contribution in [0.1, 0.15) is 19.3 Å². The van der Waals surface area contributed by atoms with E-state index in [1.165, 1.54) is 30.1 Å². The van der Waals surface area contributed by atoms with Crippen LogP contribution in [0.3, 0.4) is 0 Å². The van der Waals surface area contributed by atoms with Crippen molar-refractivity contribution in [2.24, 2.45) is 13.0 Å². The van der Waals surface area contributed by atoms with E-state index in [2.05, 4.69) is 4.98 Å². The molecule has 1 aliphatic carbocycles. The van der Waals surface area contributed by atoms with Crippen molar-refractivity contribution >= 4 is 20.7 Å². The first kappa shape index (κ1) is 17.9. The fourth-order valence-corrected chi connectivity index (χ4v) is 4.07. The zero-order valence-corrected chi connectivity index (χ0v) is 16.2. The van der Waals surface area contributed by atoms with Gasteiger partial charge in [-0.15, -0.1) is 0 Å². The van der Waals surface area contributed by atoms with Crippen molar-refractivity contribution in [1.29, 1.82) is 0 Å². The summed E-state index contributed by atoms with van der Waals surface area (Å²) in [6, 6.07) is 6.76. The number of fused-ring (bicyclic) bond motifs is 1. The standard InChI is InChI=1S/C20H22N2O4S/c1-22-11-17(15-8-9-21-19(15)20(22)23)16-10-14(27(2,24)25)6-7-18(16)26-12-13-4-3-5-13/h6-11,13,21H,3-5,12H2,1-2H3. The summed E-state index contributed by atoms with van der Waals surface area (Å²) in [4.78, 5) is 15.6. The number of nitrogens with zero attached hydrogens (tertiary/aromatic N) is 1. The second-order valence-corrected chi connectivity index (χ2v) is 9.28. The lowest BCUT2D eigenvalue weighted by Crippen LogP contribution is -2.19. The maximum Gasteiger partial charge on any atom is 0.274 e. The Kier molecular flexibility index (Phi) is 4.34. The maximum absolute atomic E-state index is 12.4. The monoisotopic (exact) mass is 386 g/mol. The Morgan fingerprint density at radius 2 is 2.00 bits per heavy atom. The Labute approximate surface area is 157 Å². The van der Waals surface area contributed by atoms with E-state index in [1.807, 2.05) is 6.07 Å². The van der Waals surface area contributed by atoms with Gasteiger partial charge in [-0.1, -0.05) is 6.42 Å². The quantitative estimate of drug-likeness (QED) is 0.730. The van der Waals surface area contributed by atoms with Crippen LogP contribution in [0.15, 0.2) is 46.3 Å². The van der Waals surface area contributed by atoms with E-state index in [-0.39, 0.29) is 10.5 Å². The van der Waals surface area contributed by atoms with E-state index in [1.54, 1.807) is 37.6 Å². The van der Waals surface area contributed by atoms with Gasteiger partial charge >= 0.3 is 0 Å².